The van der Waals surface area contributed by atoms with Gasteiger partial charge < -0.3 is 20.3 Å². The van der Waals surface area contributed by atoms with Crippen molar-refractivity contribution in [2.75, 3.05) is 31.5 Å². The molecule has 2 amide bonds. The van der Waals surface area contributed by atoms with Gasteiger partial charge in [0.2, 0.25) is 0 Å². The molecule has 1 fully saturated rings. The summed E-state index contributed by atoms with van der Waals surface area (Å²) in [6.07, 6.45) is 5.08. The third kappa shape index (κ3) is 5.50. The number of halogens is 1. The highest BCUT2D eigenvalue weighted by atomic mass is 35.5. The Morgan fingerprint density at radius 2 is 2.16 bits per heavy atom. The van der Waals surface area contributed by atoms with E-state index in [1.807, 2.05) is 12.1 Å². The van der Waals surface area contributed by atoms with Crippen molar-refractivity contribution in [1.29, 1.82) is 0 Å². The maximum atomic E-state index is 12.6. The molecule has 0 aromatic heterocycles. The summed E-state index contributed by atoms with van der Waals surface area (Å²) >= 11 is 6.17. The summed E-state index contributed by atoms with van der Waals surface area (Å²) in [5.74, 6) is 0.844. The summed E-state index contributed by atoms with van der Waals surface area (Å²) in [5.41, 5.74) is 1.65. The molecule has 0 saturated carbocycles. The summed E-state index contributed by atoms with van der Waals surface area (Å²) < 4.78 is 5.77. The van der Waals surface area contributed by atoms with Crippen molar-refractivity contribution in [3.05, 3.63) is 64.4 Å². The molecular weight excluding hydrogens is 426 g/mol. The van der Waals surface area contributed by atoms with Gasteiger partial charge in [0.25, 0.3) is 11.8 Å². The molecule has 7 heteroatoms. The van der Waals surface area contributed by atoms with Crippen molar-refractivity contribution in [3.8, 4) is 5.75 Å². The second-order valence-electron chi connectivity index (χ2n) is 8.45. The number of fused-ring (bicyclic) bond motifs is 1. The zero-order valence-corrected chi connectivity index (χ0v) is 19.0. The van der Waals surface area contributed by atoms with E-state index in [0.717, 1.165) is 32.0 Å². The van der Waals surface area contributed by atoms with E-state index in [1.165, 1.54) is 12.8 Å². The number of nitrogens with zero attached hydrogens (tertiary/aromatic N) is 1. The number of piperidine rings is 1. The maximum absolute atomic E-state index is 12.6. The third-order valence-corrected chi connectivity index (χ3v) is 6.15. The largest absolute Gasteiger partial charge is 0.449 e. The van der Waals surface area contributed by atoms with Crippen molar-refractivity contribution in [2.45, 2.75) is 26.2 Å². The Labute approximate surface area is 193 Å². The van der Waals surface area contributed by atoms with E-state index in [2.05, 4.69) is 22.5 Å². The molecule has 2 aromatic rings. The summed E-state index contributed by atoms with van der Waals surface area (Å²) in [6, 6.07) is 12.2. The highest BCUT2D eigenvalue weighted by Crippen LogP contribution is 2.33. The number of anilines is 1. The quantitative estimate of drug-likeness (QED) is 0.496. The fourth-order valence-corrected chi connectivity index (χ4v) is 4.32. The van der Waals surface area contributed by atoms with E-state index in [9.17, 15) is 9.59 Å². The molecule has 2 heterocycles. The first-order chi connectivity index (χ1) is 15.5. The highest BCUT2D eigenvalue weighted by molar-refractivity contribution is 6.32. The molecule has 0 radical (unpaired) electrons. The predicted molar refractivity (Wildman–Crippen MR) is 127 cm³/mol. The van der Waals surface area contributed by atoms with E-state index in [0.29, 0.717) is 34.1 Å². The molecule has 2 aromatic carbocycles. The third-order valence-electron chi connectivity index (χ3n) is 5.80. The van der Waals surface area contributed by atoms with Crippen molar-refractivity contribution < 1.29 is 14.3 Å². The molecular formula is C25H28ClN3O3. The van der Waals surface area contributed by atoms with Crippen LogP contribution in [0.5, 0.6) is 5.75 Å². The van der Waals surface area contributed by atoms with Crippen LogP contribution in [0.1, 0.15) is 42.1 Å². The Morgan fingerprint density at radius 3 is 2.97 bits per heavy atom. The average Bonchev–Trinajstić information content (AvgIpc) is 2.78. The van der Waals surface area contributed by atoms with Gasteiger partial charge in [-0.05, 0) is 74.2 Å². The van der Waals surface area contributed by atoms with Crippen LogP contribution in [0.25, 0.3) is 6.08 Å². The number of ether oxygens (including phenoxy) is 1. The molecule has 2 aliphatic heterocycles. The van der Waals surface area contributed by atoms with Crippen LogP contribution >= 0.6 is 11.6 Å². The van der Waals surface area contributed by atoms with Crippen molar-refractivity contribution in [1.82, 2.24) is 10.2 Å². The van der Waals surface area contributed by atoms with Gasteiger partial charge in [-0.15, -0.1) is 0 Å². The molecule has 0 unspecified atom stereocenters. The number of rotatable bonds is 6. The summed E-state index contributed by atoms with van der Waals surface area (Å²) in [7, 11) is 0. The van der Waals surface area contributed by atoms with Crippen molar-refractivity contribution in [2.24, 2.45) is 5.92 Å². The van der Waals surface area contributed by atoms with Crippen LogP contribution in [0, 0.1) is 5.92 Å². The zero-order valence-electron chi connectivity index (χ0n) is 18.2. The van der Waals surface area contributed by atoms with Crippen LogP contribution in [-0.4, -0.2) is 42.9 Å². The maximum Gasteiger partial charge on any atom is 0.291 e. The first-order valence-electron chi connectivity index (χ1n) is 11.1. The van der Waals surface area contributed by atoms with Crippen LogP contribution in [0.4, 0.5) is 5.69 Å². The van der Waals surface area contributed by atoms with Gasteiger partial charge in [-0.1, -0.05) is 36.7 Å². The molecule has 1 saturated heterocycles. The van der Waals surface area contributed by atoms with Gasteiger partial charge >= 0.3 is 0 Å². The second-order valence-corrected chi connectivity index (χ2v) is 8.86. The van der Waals surface area contributed by atoms with Gasteiger partial charge in [0, 0.05) is 23.7 Å². The Balaban J connectivity index is 1.34. The molecule has 0 aliphatic carbocycles. The minimum atomic E-state index is -0.384. The monoisotopic (exact) mass is 453 g/mol. The number of benzene rings is 2. The molecule has 2 aliphatic rings. The first-order valence-corrected chi connectivity index (χ1v) is 11.5. The SMILES string of the molecule is C[C@@H]1CCCN(CCCNC(=O)c2ccc3c(c2)NC(=O)/C(=C/c2ccccc2Cl)O3)C1. The lowest BCUT2D eigenvalue weighted by atomic mass is 10.0. The summed E-state index contributed by atoms with van der Waals surface area (Å²) in [6.45, 7) is 6.21. The van der Waals surface area contributed by atoms with Gasteiger partial charge in [0.15, 0.2) is 11.5 Å². The van der Waals surface area contributed by atoms with Crippen molar-refractivity contribution >= 4 is 35.2 Å². The Morgan fingerprint density at radius 1 is 1.31 bits per heavy atom. The number of carbonyl (C=O) groups excluding carboxylic acids is 2. The van der Waals surface area contributed by atoms with Crippen molar-refractivity contribution in [3.63, 3.8) is 0 Å². The fraction of sp³-hybridized carbons (Fsp3) is 0.360. The van der Waals surface area contributed by atoms with Crippen LogP contribution < -0.4 is 15.4 Å². The minimum absolute atomic E-state index is 0.148. The summed E-state index contributed by atoms with van der Waals surface area (Å²) in [5, 5.41) is 6.30. The normalized spacial score (nSPS) is 19.8. The molecule has 1 atom stereocenters. The Bertz CT molecular complexity index is 1040. The standard InChI is InChI=1S/C25H28ClN3O3/c1-17-6-4-12-29(16-17)13-5-11-27-24(30)19-9-10-22-21(14-19)28-25(31)23(32-22)15-18-7-2-3-8-20(18)26/h2-3,7-10,14-15,17H,4-6,11-13,16H2,1H3,(H,27,30)(H,28,31)/b23-15-/t17-/m1/s1. The van der Waals surface area contributed by atoms with E-state index in [1.54, 1.807) is 36.4 Å². The molecule has 4 rings (SSSR count). The molecule has 0 spiro atoms. The number of nitrogens with one attached hydrogen (secondary N) is 2. The van der Waals surface area contributed by atoms with Gasteiger partial charge in [-0.3, -0.25) is 9.59 Å². The van der Waals surface area contributed by atoms with Gasteiger partial charge in [-0.25, -0.2) is 0 Å². The minimum Gasteiger partial charge on any atom is -0.449 e. The first kappa shape index (κ1) is 22.4. The van der Waals surface area contributed by atoms with E-state index in [-0.39, 0.29) is 17.6 Å². The second kappa shape index (κ2) is 10.2. The Kier molecular flexibility index (Phi) is 7.12. The molecule has 0 bridgehead atoms. The van der Waals surface area contributed by atoms with Gasteiger partial charge in [0.1, 0.15) is 0 Å². The van der Waals surface area contributed by atoms with E-state index >= 15 is 0 Å². The van der Waals surface area contributed by atoms with Crippen LogP contribution in [0.3, 0.4) is 0 Å². The topological polar surface area (TPSA) is 70.7 Å². The molecule has 168 valence electrons. The average molecular weight is 454 g/mol. The van der Waals surface area contributed by atoms with E-state index < -0.39 is 0 Å². The van der Waals surface area contributed by atoms with Crippen LogP contribution in [0.15, 0.2) is 48.2 Å². The number of carbonyl (C=O) groups is 2. The molecule has 2 N–H and O–H groups in total. The number of hydrogen-bond acceptors (Lipinski definition) is 4. The number of likely N-dealkylation sites (tertiary alicyclic amines) is 1. The number of amides is 2. The smallest absolute Gasteiger partial charge is 0.291 e. The highest BCUT2D eigenvalue weighted by Gasteiger charge is 2.23. The predicted octanol–water partition coefficient (Wildman–Crippen LogP) is 4.56. The van der Waals surface area contributed by atoms with Gasteiger partial charge in [0.05, 0.1) is 5.69 Å². The lowest BCUT2D eigenvalue weighted by Gasteiger charge is -2.30. The molecule has 6 nitrogen and oxygen atoms in total. The van der Waals surface area contributed by atoms with E-state index in [4.69, 9.17) is 16.3 Å². The van der Waals surface area contributed by atoms with Crippen LogP contribution in [-0.2, 0) is 4.79 Å². The Hall–Kier alpha value is -2.83. The lowest BCUT2D eigenvalue weighted by molar-refractivity contribution is -0.115. The number of hydrogen-bond donors (Lipinski definition) is 2. The summed E-state index contributed by atoms with van der Waals surface area (Å²) in [4.78, 5) is 27.5. The van der Waals surface area contributed by atoms with Gasteiger partial charge in [-0.2, -0.15) is 0 Å². The lowest BCUT2D eigenvalue weighted by Crippen LogP contribution is -2.36. The zero-order chi connectivity index (χ0) is 22.5. The molecule has 32 heavy (non-hydrogen) atoms. The fourth-order valence-electron chi connectivity index (χ4n) is 4.13. The van der Waals surface area contributed by atoms with Crippen LogP contribution in [0.2, 0.25) is 5.02 Å².